The lowest BCUT2D eigenvalue weighted by atomic mass is 10.3. The Morgan fingerprint density at radius 3 is 2.81 bits per heavy atom. The van der Waals surface area contributed by atoms with Gasteiger partial charge >= 0.3 is 0 Å². The number of sulfonamides is 1. The molecule has 0 saturated heterocycles. The van der Waals surface area contributed by atoms with Gasteiger partial charge in [-0.1, -0.05) is 0 Å². The summed E-state index contributed by atoms with van der Waals surface area (Å²) in [5.41, 5.74) is 0.706. The highest BCUT2D eigenvalue weighted by Crippen LogP contribution is 2.30. The Bertz CT molecular complexity index is 474. The van der Waals surface area contributed by atoms with E-state index in [0.717, 1.165) is 12.8 Å². The third-order valence-electron chi connectivity index (χ3n) is 2.66. The fraction of sp³-hybridized carbons (Fsp3) is 0.600. The molecule has 1 aromatic heterocycles. The molecule has 1 aliphatic carbocycles. The first-order chi connectivity index (χ1) is 7.54. The standard InChI is InChI=1S/C10H15NO3S2/c1-7-6-15-9(5-12)10(7)16(13,14)11-4-8-2-3-8/h6,8,11-12H,2-5H2,1H3. The predicted molar refractivity (Wildman–Crippen MR) is 62.9 cm³/mol. The van der Waals surface area contributed by atoms with Crippen LogP contribution in [0.4, 0.5) is 0 Å². The second-order valence-corrected chi connectivity index (χ2v) is 6.79. The minimum absolute atomic E-state index is 0.224. The summed E-state index contributed by atoms with van der Waals surface area (Å²) >= 11 is 1.28. The van der Waals surface area contributed by atoms with Crippen LogP contribution in [-0.4, -0.2) is 20.1 Å². The molecule has 4 nitrogen and oxygen atoms in total. The molecule has 1 fully saturated rings. The van der Waals surface area contributed by atoms with Crippen molar-refractivity contribution in [1.82, 2.24) is 4.72 Å². The number of thiophene rings is 1. The van der Waals surface area contributed by atoms with Gasteiger partial charge in [-0.15, -0.1) is 11.3 Å². The van der Waals surface area contributed by atoms with E-state index in [-0.39, 0.29) is 11.5 Å². The maximum absolute atomic E-state index is 12.0. The van der Waals surface area contributed by atoms with Gasteiger partial charge in [0.15, 0.2) is 0 Å². The summed E-state index contributed by atoms with van der Waals surface area (Å²) in [4.78, 5) is 0.779. The second-order valence-electron chi connectivity index (χ2n) is 4.12. The van der Waals surface area contributed by atoms with Crippen molar-refractivity contribution in [2.75, 3.05) is 6.54 Å². The topological polar surface area (TPSA) is 66.4 Å². The fourth-order valence-corrected chi connectivity index (χ4v) is 4.35. The van der Waals surface area contributed by atoms with Gasteiger partial charge < -0.3 is 5.11 Å². The molecule has 0 unspecified atom stereocenters. The summed E-state index contributed by atoms with van der Waals surface area (Å²) in [5, 5.41) is 10.9. The molecule has 0 aromatic carbocycles. The molecule has 1 aromatic rings. The van der Waals surface area contributed by atoms with Crippen LogP contribution in [0.1, 0.15) is 23.3 Å². The number of nitrogens with one attached hydrogen (secondary N) is 1. The van der Waals surface area contributed by atoms with E-state index in [2.05, 4.69) is 4.72 Å². The molecule has 0 aliphatic heterocycles. The minimum Gasteiger partial charge on any atom is -0.391 e. The van der Waals surface area contributed by atoms with E-state index in [9.17, 15) is 8.42 Å². The normalized spacial score (nSPS) is 16.6. The highest BCUT2D eigenvalue weighted by molar-refractivity contribution is 7.89. The van der Waals surface area contributed by atoms with Crippen molar-refractivity contribution in [2.45, 2.75) is 31.3 Å². The van der Waals surface area contributed by atoms with Gasteiger partial charge in [-0.25, -0.2) is 13.1 Å². The number of rotatable bonds is 5. The van der Waals surface area contributed by atoms with Crippen LogP contribution >= 0.6 is 11.3 Å². The molecule has 16 heavy (non-hydrogen) atoms. The Kier molecular flexibility index (Phi) is 3.34. The van der Waals surface area contributed by atoms with Crippen molar-refractivity contribution >= 4 is 21.4 Å². The molecule has 2 rings (SSSR count). The lowest BCUT2D eigenvalue weighted by Gasteiger charge is -2.07. The van der Waals surface area contributed by atoms with Gasteiger partial charge in [0.25, 0.3) is 0 Å². The number of hydrogen-bond donors (Lipinski definition) is 2. The molecule has 0 amide bonds. The van der Waals surface area contributed by atoms with Crippen LogP contribution in [0.25, 0.3) is 0 Å². The molecule has 0 bridgehead atoms. The van der Waals surface area contributed by atoms with Gasteiger partial charge in [0.05, 0.1) is 11.5 Å². The van der Waals surface area contributed by atoms with Gasteiger partial charge in [0.1, 0.15) is 4.90 Å². The highest BCUT2D eigenvalue weighted by atomic mass is 32.2. The Morgan fingerprint density at radius 1 is 1.56 bits per heavy atom. The summed E-state index contributed by atoms with van der Waals surface area (Å²) < 4.78 is 26.6. The van der Waals surface area contributed by atoms with Gasteiger partial charge in [-0.05, 0) is 36.6 Å². The van der Waals surface area contributed by atoms with Crippen LogP contribution in [0.5, 0.6) is 0 Å². The fourth-order valence-electron chi connectivity index (χ4n) is 1.58. The first kappa shape index (κ1) is 12.0. The summed E-state index contributed by atoms with van der Waals surface area (Å²) in [5.74, 6) is 0.506. The third kappa shape index (κ3) is 2.45. The summed E-state index contributed by atoms with van der Waals surface area (Å²) in [7, 11) is -3.45. The van der Waals surface area contributed by atoms with Gasteiger partial charge in [-0.3, -0.25) is 0 Å². The molecule has 1 saturated carbocycles. The van der Waals surface area contributed by atoms with Crippen molar-refractivity contribution in [3.63, 3.8) is 0 Å². The van der Waals surface area contributed by atoms with Crippen molar-refractivity contribution in [1.29, 1.82) is 0 Å². The van der Waals surface area contributed by atoms with Gasteiger partial charge in [0, 0.05) is 6.54 Å². The van der Waals surface area contributed by atoms with E-state index >= 15 is 0 Å². The Hall–Kier alpha value is -0.430. The zero-order valence-corrected chi connectivity index (χ0v) is 10.7. The molecule has 6 heteroatoms. The smallest absolute Gasteiger partial charge is 0.242 e. The van der Waals surface area contributed by atoms with E-state index in [1.165, 1.54) is 11.3 Å². The zero-order valence-electron chi connectivity index (χ0n) is 9.06. The monoisotopic (exact) mass is 261 g/mol. The lowest BCUT2D eigenvalue weighted by molar-refractivity contribution is 0.282. The quantitative estimate of drug-likeness (QED) is 0.838. The number of hydrogen-bond acceptors (Lipinski definition) is 4. The molecule has 90 valence electrons. The van der Waals surface area contributed by atoms with E-state index in [4.69, 9.17) is 5.11 Å². The molecule has 2 N–H and O–H groups in total. The van der Waals surface area contributed by atoms with Crippen molar-refractivity contribution in [2.24, 2.45) is 5.92 Å². The number of aliphatic hydroxyl groups is 1. The average molecular weight is 261 g/mol. The SMILES string of the molecule is Cc1csc(CO)c1S(=O)(=O)NCC1CC1. The minimum atomic E-state index is -3.45. The summed E-state index contributed by atoms with van der Waals surface area (Å²) in [6.45, 7) is 2.04. The predicted octanol–water partition coefficient (Wildman–Crippen LogP) is 1.24. The van der Waals surface area contributed by atoms with Crippen LogP contribution in [0, 0.1) is 12.8 Å². The van der Waals surface area contributed by atoms with Crippen LogP contribution < -0.4 is 4.72 Å². The molecule has 1 aliphatic rings. The number of aryl methyl sites for hydroxylation is 1. The van der Waals surface area contributed by atoms with Gasteiger partial charge in [-0.2, -0.15) is 0 Å². The van der Waals surface area contributed by atoms with Crippen LogP contribution in [0.3, 0.4) is 0 Å². The zero-order chi connectivity index (χ0) is 11.8. The van der Waals surface area contributed by atoms with Crippen LogP contribution in [0.2, 0.25) is 0 Å². The van der Waals surface area contributed by atoms with Crippen molar-refractivity contribution in [3.8, 4) is 0 Å². The summed E-state index contributed by atoms with van der Waals surface area (Å²) in [6.07, 6.45) is 2.22. The largest absolute Gasteiger partial charge is 0.391 e. The maximum Gasteiger partial charge on any atom is 0.242 e. The van der Waals surface area contributed by atoms with Crippen LogP contribution in [0.15, 0.2) is 10.3 Å². The summed E-state index contributed by atoms with van der Waals surface area (Å²) in [6, 6.07) is 0. The molecular weight excluding hydrogens is 246 g/mol. The number of aliphatic hydroxyl groups excluding tert-OH is 1. The average Bonchev–Trinajstić information content (AvgIpc) is 2.98. The van der Waals surface area contributed by atoms with E-state index in [1.807, 2.05) is 0 Å². The first-order valence-corrected chi connectivity index (χ1v) is 7.58. The highest BCUT2D eigenvalue weighted by Gasteiger charge is 2.27. The van der Waals surface area contributed by atoms with E-state index < -0.39 is 10.0 Å². The van der Waals surface area contributed by atoms with E-state index in [0.29, 0.717) is 22.9 Å². The maximum atomic E-state index is 12.0. The molecular formula is C10H15NO3S2. The van der Waals surface area contributed by atoms with E-state index in [1.54, 1.807) is 12.3 Å². The Morgan fingerprint density at radius 2 is 2.25 bits per heavy atom. The van der Waals surface area contributed by atoms with Crippen LogP contribution in [-0.2, 0) is 16.6 Å². The molecule has 0 atom stereocenters. The first-order valence-electron chi connectivity index (χ1n) is 5.22. The molecule has 0 spiro atoms. The molecule has 0 radical (unpaired) electrons. The van der Waals surface area contributed by atoms with Crippen molar-refractivity contribution in [3.05, 3.63) is 15.8 Å². The Balaban J connectivity index is 2.22. The van der Waals surface area contributed by atoms with Crippen molar-refractivity contribution < 1.29 is 13.5 Å². The van der Waals surface area contributed by atoms with Gasteiger partial charge in [0.2, 0.25) is 10.0 Å². The molecule has 1 heterocycles. The lowest BCUT2D eigenvalue weighted by Crippen LogP contribution is -2.26. The second kappa shape index (κ2) is 4.44. The Labute approximate surface area is 99.4 Å². The third-order valence-corrected chi connectivity index (χ3v) is 5.53.